The van der Waals surface area contributed by atoms with Crippen LogP contribution in [0.2, 0.25) is 4.34 Å². The molecule has 26 heavy (non-hydrogen) atoms. The molecule has 0 spiro atoms. The van der Waals surface area contributed by atoms with Gasteiger partial charge in [0.05, 0.1) is 33.5 Å². The second-order valence-corrected chi connectivity index (χ2v) is 8.50. The van der Waals surface area contributed by atoms with Crippen molar-refractivity contribution < 1.29 is 4.79 Å². The fourth-order valence-electron chi connectivity index (χ4n) is 2.65. The SMILES string of the molecule is O=C(Nc1cnn(-c2ncncc2N2CCSCC2)c1)c1ccc(Cl)s1. The van der Waals surface area contributed by atoms with E-state index in [1.54, 1.807) is 29.2 Å². The first-order chi connectivity index (χ1) is 12.7. The number of amides is 1. The molecule has 0 aromatic carbocycles. The lowest BCUT2D eigenvalue weighted by molar-refractivity contribution is 0.103. The number of thioether (sulfide) groups is 1. The number of anilines is 2. The molecule has 0 aliphatic carbocycles. The summed E-state index contributed by atoms with van der Waals surface area (Å²) in [5.41, 5.74) is 1.54. The van der Waals surface area contributed by atoms with E-state index in [0.29, 0.717) is 20.7 Å². The molecule has 3 aromatic rings. The van der Waals surface area contributed by atoms with Gasteiger partial charge >= 0.3 is 0 Å². The van der Waals surface area contributed by atoms with Crippen LogP contribution in [0.4, 0.5) is 11.4 Å². The van der Waals surface area contributed by atoms with Crippen molar-refractivity contribution in [1.82, 2.24) is 19.7 Å². The Balaban J connectivity index is 1.55. The molecule has 1 saturated heterocycles. The highest BCUT2D eigenvalue weighted by Gasteiger charge is 2.18. The molecule has 4 heterocycles. The summed E-state index contributed by atoms with van der Waals surface area (Å²) in [7, 11) is 0. The molecule has 1 fully saturated rings. The molecule has 0 bridgehead atoms. The fourth-order valence-corrected chi connectivity index (χ4v) is 4.49. The van der Waals surface area contributed by atoms with Crippen molar-refractivity contribution >= 4 is 52.0 Å². The summed E-state index contributed by atoms with van der Waals surface area (Å²) in [5.74, 6) is 2.65. The number of thiophene rings is 1. The third kappa shape index (κ3) is 3.69. The summed E-state index contributed by atoms with van der Waals surface area (Å²) in [5, 5.41) is 7.18. The number of carbonyl (C=O) groups excluding carboxylic acids is 1. The van der Waals surface area contributed by atoms with Crippen LogP contribution in [-0.2, 0) is 0 Å². The zero-order valence-electron chi connectivity index (χ0n) is 13.6. The second-order valence-electron chi connectivity index (χ2n) is 5.56. The van der Waals surface area contributed by atoms with Crippen LogP contribution in [0, 0.1) is 0 Å². The van der Waals surface area contributed by atoms with Gasteiger partial charge in [-0.25, -0.2) is 14.6 Å². The van der Waals surface area contributed by atoms with Crippen molar-refractivity contribution in [3.63, 3.8) is 0 Å². The highest BCUT2D eigenvalue weighted by molar-refractivity contribution is 7.99. The van der Waals surface area contributed by atoms with Gasteiger partial charge in [-0.05, 0) is 12.1 Å². The molecule has 1 N–H and O–H groups in total. The summed E-state index contributed by atoms with van der Waals surface area (Å²) < 4.78 is 2.24. The Morgan fingerprint density at radius 3 is 2.85 bits per heavy atom. The average molecular weight is 407 g/mol. The number of rotatable bonds is 4. The number of hydrogen-bond acceptors (Lipinski definition) is 7. The van der Waals surface area contributed by atoms with Crippen molar-refractivity contribution in [2.24, 2.45) is 0 Å². The van der Waals surface area contributed by atoms with Gasteiger partial charge in [0.2, 0.25) is 0 Å². The summed E-state index contributed by atoms with van der Waals surface area (Å²) in [6, 6.07) is 3.40. The summed E-state index contributed by atoms with van der Waals surface area (Å²) >= 11 is 9.07. The van der Waals surface area contributed by atoms with Gasteiger partial charge in [0.25, 0.3) is 5.91 Å². The smallest absolute Gasteiger partial charge is 0.265 e. The van der Waals surface area contributed by atoms with E-state index >= 15 is 0 Å². The molecule has 1 amide bonds. The molecule has 4 rings (SSSR count). The van der Waals surface area contributed by atoms with Gasteiger partial charge in [-0.2, -0.15) is 16.9 Å². The Labute approximate surface area is 163 Å². The number of aromatic nitrogens is 4. The Bertz CT molecular complexity index is 921. The molecule has 7 nitrogen and oxygen atoms in total. The van der Waals surface area contributed by atoms with Crippen LogP contribution in [-0.4, -0.2) is 50.3 Å². The third-order valence-corrected chi connectivity index (χ3v) is 6.05. The van der Waals surface area contributed by atoms with Gasteiger partial charge in [-0.1, -0.05) is 11.6 Å². The van der Waals surface area contributed by atoms with Gasteiger partial charge in [0.15, 0.2) is 5.82 Å². The lowest BCUT2D eigenvalue weighted by Gasteiger charge is -2.29. The van der Waals surface area contributed by atoms with Gasteiger partial charge in [0, 0.05) is 24.6 Å². The average Bonchev–Trinajstić information content (AvgIpc) is 3.31. The monoisotopic (exact) mass is 406 g/mol. The zero-order chi connectivity index (χ0) is 17.9. The Morgan fingerprint density at radius 2 is 2.08 bits per heavy atom. The van der Waals surface area contributed by atoms with E-state index in [1.165, 1.54) is 17.7 Å². The molecule has 134 valence electrons. The number of carbonyl (C=O) groups is 1. The zero-order valence-corrected chi connectivity index (χ0v) is 16.0. The number of hydrogen-bond donors (Lipinski definition) is 1. The van der Waals surface area contributed by atoms with Crippen molar-refractivity contribution in [2.45, 2.75) is 0 Å². The molecule has 0 radical (unpaired) electrons. The first-order valence-electron chi connectivity index (χ1n) is 7.95. The molecule has 1 aliphatic rings. The summed E-state index contributed by atoms with van der Waals surface area (Å²) in [6.07, 6.45) is 6.67. The fraction of sp³-hybridized carbons (Fsp3) is 0.250. The minimum Gasteiger partial charge on any atom is -0.366 e. The summed E-state index contributed by atoms with van der Waals surface area (Å²) in [6.45, 7) is 1.91. The number of halogens is 1. The van der Waals surface area contributed by atoms with Crippen LogP contribution in [0.3, 0.4) is 0 Å². The van der Waals surface area contributed by atoms with Crippen molar-refractivity contribution in [3.05, 3.63) is 46.3 Å². The minimum absolute atomic E-state index is 0.211. The maximum Gasteiger partial charge on any atom is 0.265 e. The first-order valence-corrected chi connectivity index (χ1v) is 10.3. The maximum atomic E-state index is 12.3. The predicted molar refractivity (Wildman–Crippen MR) is 106 cm³/mol. The van der Waals surface area contributed by atoms with Crippen LogP contribution in [0.1, 0.15) is 9.67 Å². The van der Waals surface area contributed by atoms with Crippen LogP contribution in [0.15, 0.2) is 37.1 Å². The largest absolute Gasteiger partial charge is 0.366 e. The topological polar surface area (TPSA) is 75.9 Å². The molecule has 3 aromatic heterocycles. The quantitative estimate of drug-likeness (QED) is 0.717. The lowest BCUT2D eigenvalue weighted by atomic mass is 10.3. The third-order valence-electron chi connectivity index (χ3n) is 3.88. The van der Waals surface area contributed by atoms with E-state index in [-0.39, 0.29) is 5.91 Å². The highest BCUT2D eigenvalue weighted by atomic mass is 35.5. The first kappa shape index (κ1) is 17.3. The molecule has 1 aliphatic heterocycles. The van der Waals surface area contributed by atoms with Gasteiger partial charge in [-0.3, -0.25) is 4.79 Å². The van der Waals surface area contributed by atoms with E-state index in [0.717, 1.165) is 30.3 Å². The molecule has 10 heteroatoms. The summed E-state index contributed by atoms with van der Waals surface area (Å²) in [4.78, 5) is 23.6. The van der Waals surface area contributed by atoms with Gasteiger partial charge in [-0.15, -0.1) is 11.3 Å². The molecule has 0 unspecified atom stereocenters. The van der Waals surface area contributed by atoms with Crippen molar-refractivity contribution in [1.29, 1.82) is 0 Å². The lowest BCUT2D eigenvalue weighted by Crippen LogP contribution is -2.33. The van der Waals surface area contributed by atoms with Crippen molar-refractivity contribution in [2.75, 3.05) is 34.8 Å². The van der Waals surface area contributed by atoms with Crippen LogP contribution >= 0.6 is 34.7 Å². The highest BCUT2D eigenvalue weighted by Crippen LogP contribution is 2.25. The van der Waals surface area contributed by atoms with Crippen LogP contribution < -0.4 is 10.2 Å². The minimum atomic E-state index is -0.211. The van der Waals surface area contributed by atoms with Crippen molar-refractivity contribution in [3.8, 4) is 5.82 Å². The van der Waals surface area contributed by atoms with E-state index in [9.17, 15) is 4.79 Å². The van der Waals surface area contributed by atoms with E-state index in [2.05, 4.69) is 25.3 Å². The molecular weight excluding hydrogens is 392 g/mol. The maximum absolute atomic E-state index is 12.3. The van der Waals surface area contributed by atoms with E-state index in [1.807, 2.05) is 18.0 Å². The van der Waals surface area contributed by atoms with E-state index < -0.39 is 0 Å². The van der Waals surface area contributed by atoms with Crippen LogP contribution in [0.5, 0.6) is 0 Å². The normalized spacial score (nSPS) is 14.4. The standard InChI is InChI=1S/C16H15ClN6OS2/c17-14-2-1-13(26-14)16(24)21-11-7-20-23(9-11)15-12(8-18-10-19-15)22-3-5-25-6-4-22/h1-2,7-10H,3-6H2,(H,21,24). The number of nitrogens with zero attached hydrogens (tertiary/aromatic N) is 5. The van der Waals surface area contributed by atoms with Gasteiger partial charge < -0.3 is 10.2 Å². The van der Waals surface area contributed by atoms with E-state index in [4.69, 9.17) is 11.6 Å². The molecule has 0 saturated carbocycles. The Morgan fingerprint density at radius 1 is 1.23 bits per heavy atom. The Hall–Kier alpha value is -2.10. The second kappa shape index (κ2) is 7.65. The Kier molecular flexibility index (Phi) is 5.09. The molecule has 0 atom stereocenters. The van der Waals surface area contributed by atoms with Gasteiger partial charge in [0.1, 0.15) is 12.0 Å². The van der Waals surface area contributed by atoms with Crippen LogP contribution in [0.25, 0.3) is 5.82 Å². The molecular formula is C16H15ClN6OS2. The predicted octanol–water partition coefficient (Wildman–Crippen LogP) is 3.18. The number of nitrogens with one attached hydrogen (secondary N) is 1.